The van der Waals surface area contributed by atoms with Crippen molar-refractivity contribution in [1.82, 2.24) is 10.3 Å². The Bertz CT molecular complexity index is 548. The lowest BCUT2D eigenvalue weighted by molar-refractivity contribution is 0.269. The Hall–Kier alpha value is -1.10. The topological polar surface area (TPSA) is 34.1 Å². The van der Waals surface area contributed by atoms with Crippen LogP contribution in [-0.4, -0.2) is 24.7 Å². The quantitative estimate of drug-likeness (QED) is 0.858. The van der Waals surface area contributed by atoms with Crippen molar-refractivity contribution in [3.05, 3.63) is 57.8 Å². The molecule has 1 N–H and O–H groups in total. The van der Waals surface area contributed by atoms with Crippen LogP contribution in [0.3, 0.4) is 0 Å². The predicted octanol–water partition coefficient (Wildman–Crippen LogP) is 3.71. The van der Waals surface area contributed by atoms with E-state index in [-0.39, 0.29) is 6.04 Å². The Morgan fingerprint density at radius 3 is 2.85 bits per heavy atom. The summed E-state index contributed by atoms with van der Waals surface area (Å²) in [4.78, 5) is 4.37. The Balaban J connectivity index is 1.90. The molecule has 1 atom stereocenters. The molecule has 106 valence electrons. The average Bonchev–Trinajstić information content (AvgIpc) is 2.45. The number of aromatic nitrogens is 1. The van der Waals surface area contributed by atoms with Crippen molar-refractivity contribution >= 4 is 27.5 Å². The van der Waals surface area contributed by atoms with Crippen molar-refractivity contribution in [1.29, 1.82) is 0 Å². The molecule has 1 unspecified atom stereocenters. The highest BCUT2D eigenvalue weighted by molar-refractivity contribution is 9.10. The summed E-state index contributed by atoms with van der Waals surface area (Å²) in [6, 6.07) is 11.6. The highest BCUT2D eigenvalue weighted by Gasteiger charge is 2.09. The van der Waals surface area contributed by atoms with Gasteiger partial charge in [-0.1, -0.05) is 17.7 Å². The SMILES string of the molecule is CNC(COc1cccc(Cl)c1)Cc1ccc(Br)cn1. The second-order valence-electron chi connectivity index (χ2n) is 4.43. The van der Waals surface area contributed by atoms with Crippen LogP contribution in [0.1, 0.15) is 5.69 Å². The van der Waals surface area contributed by atoms with E-state index in [4.69, 9.17) is 16.3 Å². The largest absolute Gasteiger partial charge is 0.492 e. The van der Waals surface area contributed by atoms with Crippen molar-refractivity contribution in [2.45, 2.75) is 12.5 Å². The molecule has 5 heteroatoms. The normalized spacial score (nSPS) is 12.2. The Morgan fingerprint density at radius 1 is 1.35 bits per heavy atom. The van der Waals surface area contributed by atoms with E-state index in [0.29, 0.717) is 11.6 Å². The maximum absolute atomic E-state index is 5.93. The van der Waals surface area contributed by atoms with Gasteiger partial charge >= 0.3 is 0 Å². The number of nitrogens with one attached hydrogen (secondary N) is 1. The number of hydrogen-bond acceptors (Lipinski definition) is 3. The third-order valence-corrected chi connectivity index (χ3v) is 3.60. The van der Waals surface area contributed by atoms with Gasteiger partial charge in [-0.3, -0.25) is 4.98 Å². The van der Waals surface area contributed by atoms with Gasteiger partial charge in [0.25, 0.3) is 0 Å². The molecule has 0 amide bonds. The Kier molecular flexibility index (Phi) is 5.83. The first-order valence-electron chi connectivity index (χ1n) is 6.33. The molecule has 0 aliphatic rings. The maximum Gasteiger partial charge on any atom is 0.120 e. The minimum Gasteiger partial charge on any atom is -0.492 e. The van der Waals surface area contributed by atoms with Gasteiger partial charge in [-0.25, -0.2) is 0 Å². The highest BCUT2D eigenvalue weighted by atomic mass is 79.9. The van der Waals surface area contributed by atoms with Crippen LogP contribution in [0.4, 0.5) is 0 Å². The zero-order valence-corrected chi connectivity index (χ0v) is 13.5. The number of rotatable bonds is 6. The summed E-state index contributed by atoms with van der Waals surface area (Å²) in [5, 5.41) is 3.92. The summed E-state index contributed by atoms with van der Waals surface area (Å²) in [7, 11) is 1.92. The molecule has 2 aromatic rings. The summed E-state index contributed by atoms with van der Waals surface area (Å²) in [6.07, 6.45) is 2.62. The van der Waals surface area contributed by atoms with Crippen molar-refractivity contribution in [2.24, 2.45) is 0 Å². The molecule has 0 saturated carbocycles. The number of hydrogen-bond donors (Lipinski definition) is 1. The molecule has 20 heavy (non-hydrogen) atoms. The predicted molar refractivity (Wildman–Crippen MR) is 85.4 cm³/mol. The van der Waals surface area contributed by atoms with Crippen LogP contribution in [0, 0.1) is 0 Å². The molecule has 1 heterocycles. The second kappa shape index (κ2) is 7.62. The third kappa shape index (κ3) is 4.78. The number of nitrogens with zero attached hydrogens (tertiary/aromatic N) is 1. The van der Waals surface area contributed by atoms with Gasteiger partial charge in [0.1, 0.15) is 12.4 Å². The highest BCUT2D eigenvalue weighted by Crippen LogP contribution is 2.17. The minimum absolute atomic E-state index is 0.197. The Labute approximate surface area is 132 Å². The standard InChI is InChI=1S/C15H16BrClN2O/c1-18-14(8-13-6-5-11(16)9-19-13)10-20-15-4-2-3-12(17)7-15/h2-7,9,14,18H,8,10H2,1H3. The molecular formula is C15H16BrClN2O. The lowest BCUT2D eigenvalue weighted by atomic mass is 10.1. The number of benzene rings is 1. The Morgan fingerprint density at radius 2 is 2.20 bits per heavy atom. The average molecular weight is 356 g/mol. The molecule has 0 bridgehead atoms. The van der Waals surface area contributed by atoms with Crippen LogP contribution in [-0.2, 0) is 6.42 Å². The van der Waals surface area contributed by atoms with E-state index in [2.05, 4.69) is 26.2 Å². The molecule has 2 rings (SSSR count). The lowest BCUT2D eigenvalue weighted by Crippen LogP contribution is -2.34. The summed E-state index contributed by atoms with van der Waals surface area (Å²) < 4.78 is 6.74. The number of ether oxygens (including phenoxy) is 1. The first-order chi connectivity index (χ1) is 9.67. The van der Waals surface area contributed by atoms with Gasteiger partial charge in [-0.05, 0) is 53.3 Å². The first-order valence-corrected chi connectivity index (χ1v) is 7.50. The molecule has 1 aromatic heterocycles. The number of likely N-dealkylation sites (N-methyl/N-ethyl adjacent to an activating group) is 1. The summed E-state index contributed by atoms with van der Waals surface area (Å²) >= 11 is 9.31. The fraction of sp³-hybridized carbons (Fsp3) is 0.267. The van der Waals surface area contributed by atoms with E-state index < -0.39 is 0 Å². The summed E-state index contributed by atoms with van der Waals surface area (Å²) in [5.41, 5.74) is 1.03. The number of pyridine rings is 1. The molecule has 0 radical (unpaired) electrons. The van der Waals surface area contributed by atoms with Crippen molar-refractivity contribution in [3.8, 4) is 5.75 Å². The van der Waals surface area contributed by atoms with Crippen LogP contribution >= 0.6 is 27.5 Å². The monoisotopic (exact) mass is 354 g/mol. The minimum atomic E-state index is 0.197. The zero-order chi connectivity index (χ0) is 14.4. The molecular weight excluding hydrogens is 340 g/mol. The molecule has 3 nitrogen and oxygen atoms in total. The molecule has 0 aliphatic carbocycles. The fourth-order valence-corrected chi connectivity index (χ4v) is 2.19. The lowest BCUT2D eigenvalue weighted by Gasteiger charge is -2.17. The molecule has 0 fully saturated rings. The number of halogens is 2. The van der Waals surface area contributed by atoms with E-state index in [9.17, 15) is 0 Å². The third-order valence-electron chi connectivity index (χ3n) is 2.90. The molecule has 1 aromatic carbocycles. The van der Waals surface area contributed by atoms with Crippen LogP contribution in [0.25, 0.3) is 0 Å². The van der Waals surface area contributed by atoms with Crippen molar-refractivity contribution in [3.63, 3.8) is 0 Å². The van der Waals surface area contributed by atoms with E-state index in [1.165, 1.54) is 0 Å². The first kappa shape index (κ1) is 15.3. The van der Waals surface area contributed by atoms with Gasteiger partial charge < -0.3 is 10.1 Å². The van der Waals surface area contributed by atoms with Gasteiger partial charge in [0.15, 0.2) is 0 Å². The van der Waals surface area contributed by atoms with Crippen LogP contribution in [0.5, 0.6) is 5.75 Å². The van der Waals surface area contributed by atoms with Crippen LogP contribution in [0.15, 0.2) is 47.1 Å². The maximum atomic E-state index is 5.93. The van der Waals surface area contributed by atoms with Gasteiger partial charge in [-0.15, -0.1) is 0 Å². The van der Waals surface area contributed by atoms with Gasteiger partial charge in [0.05, 0.1) is 0 Å². The van der Waals surface area contributed by atoms with Crippen molar-refractivity contribution < 1.29 is 4.74 Å². The molecule has 0 spiro atoms. The summed E-state index contributed by atoms with van der Waals surface area (Å²) in [5.74, 6) is 0.779. The zero-order valence-electron chi connectivity index (χ0n) is 11.1. The van der Waals surface area contributed by atoms with Gasteiger partial charge in [-0.2, -0.15) is 0 Å². The molecule has 0 saturated heterocycles. The van der Waals surface area contributed by atoms with Gasteiger partial charge in [0.2, 0.25) is 0 Å². The van der Waals surface area contributed by atoms with E-state index in [1.807, 2.05) is 43.4 Å². The summed E-state index contributed by atoms with van der Waals surface area (Å²) in [6.45, 7) is 0.564. The fourth-order valence-electron chi connectivity index (χ4n) is 1.78. The van der Waals surface area contributed by atoms with E-state index in [0.717, 1.165) is 22.3 Å². The smallest absolute Gasteiger partial charge is 0.120 e. The van der Waals surface area contributed by atoms with Gasteiger partial charge in [0, 0.05) is 33.8 Å². The van der Waals surface area contributed by atoms with Crippen LogP contribution < -0.4 is 10.1 Å². The second-order valence-corrected chi connectivity index (χ2v) is 5.78. The van der Waals surface area contributed by atoms with Crippen LogP contribution in [0.2, 0.25) is 5.02 Å². The van der Waals surface area contributed by atoms with E-state index >= 15 is 0 Å². The van der Waals surface area contributed by atoms with E-state index in [1.54, 1.807) is 6.20 Å². The van der Waals surface area contributed by atoms with Crippen molar-refractivity contribution in [2.75, 3.05) is 13.7 Å². The molecule has 0 aliphatic heterocycles.